The van der Waals surface area contributed by atoms with Gasteiger partial charge < -0.3 is 5.32 Å². The fourth-order valence-electron chi connectivity index (χ4n) is 4.04. The fourth-order valence-corrected chi connectivity index (χ4v) is 4.04. The molecule has 3 atom stereocenters. The number of hydrogen-bond acceptors (Lipinski definition) is 1. The first-order valence-electron chi connectivity index (χ1n) is 7.90. The number of rotatable bonds is 2. The van der Waals surface area contributed by atoms with Crippen molar-refractivity contribution in [1.29, 1.82) is 0 Å². The van der Waals surface area contributed by atoms with E-state index in [2.05, 4.69) is 50.4 Å². The highest BCUT2D eigenvalue weighted by Gasteiger charge is 2.33. The topological polar surface area (TPSA) is 12.0 Å². The molecule has 104 valence electrons. The van der Waals surface area contributed by atoms with E-state index in [0.29, 0.717) is 11.5 Å². The van der Waals surface area contributed by atoms with Crippen LogP contribution in [-0.4, -0.2) is 6.04 Å². The van der Waals surface area contributed by atoms with Crippen LogP contribution in [0.1, 0.15) is 76.0 Å². The predicted octanol–water partition coefficient (Wildman–Crippen LogP) is 4.79. The van der Waals surface area contributed by atoms with Crippen molar-refractivity contribution in [2.24, 2.45) is 5.41 Å². The van der Waals surface area contributed by atoms with E-state index in [1.807, 2.05) is 0 Å². The molecule has 2 aliphatic carbocycles. The first kappa shape index (κ1) is 13.2. The van der Waals surface area contributed by atoms with E-state index in [1.54, 1.807) is 11.1 Å². The second-order valence-corrected chi connectivity index (χ2v) is 7.43. The molecule has 3 rings (SSSR count). The summed E-state index contributed by atoms with van der Waals surface area (Å²) < 4.78 is 0. The van der Waals surface area contributed by atoms with E-state index >= 15 is 0 Å². The molecule has 0 aliphatic heterocycles. The zero-order valence-corrected chi connectivity index (χ0v) is 12.6. The highest BCUT2D eigenvalue weighted by atomic mass is 15.0. The molecule has 19 heavy (non-hydrogen) atoms. The van der Waals surface area contributed by atoms with Crippen molar-refractivity contribution in [2.75, 3.05) is 0 Å². The summed E-state index contributed by atoms with van der Waals surface area (Å²) in [5.74, 6) is 0.731. The predicted molar refractivity (Wildman–Crippen MR) is 81.4 cm³/mol. The average Bonchev–Trinajstić information content (AvgIpc) is 2.73. The van der Waals surface area contributed by atoms with Crippen molar-refractivity contribution in [1.82, 2.24) is 5.32 Å². The van der Waals surface area contributed by atoms with Gasteiger partial charge in [-0.1, -0.05) is 45.0 Å². The minimum Gasteiger partial charge on any atom is -0.307 e. The Morgan fingerprint density at radius 1 is 1.05 bits per heavy atom. The number of hydrogen-bond donors (Lipinski definition) is 1. The van der Waals surface area contributed by atoms with Crippen molar-refractivity contribution in [3.63, 3.8) is 0 Å². The van der Waals surface area contributed by atoms with Crippen LogP contribution in [-0.2, 0) is 0 Å². The van der Waals surface area contributed by atoms with E-state index in [9.17, 15) is 0 Å². The lowest BCUT2D eigenvalue weighted by Crippen LogP contribution is -2.34. The van der Waals surface area contributed by atoms with E-state index in [-0.39, 0.29) is 0 Å². The summed E-state index contributed by atoms with van der Waals surface area (Å²) in [6.45, 7) is 7.19. The fraction of sp³-hybridized carbons (Fsp3) is 0.667. The van der Waals surface area contributed by atoms with Gasteiger partial charge in [0.15, 0.2) is 0 Å². The first-order valence-corrected chi connectivity index (χ1v) is 7.90. The largest absolute Gasteiger partial charge is 0.307 e. The Morgan fingerprint density at radius 3 is 2.47 bits per heavy atom. The highest BCUT2D eigenvalue weighted by Crippen LogP contribution is 2.41. The molecule has 1 fully saturated rings. The van der Waals surface area contributed by atoms with E-state index in [0.717, 1.165) is 12.0 Å². The van der Waals surface area contributed by atoms with Crippen molar-refractivity contribution < 1.29 is 0 Å². The van der Waals surface area contributed by atoms with Gasteiger partial charge in [0.05, 0.1) is 0 Å². The second kappa shape index (κ2) is 4.94. The molecule has 0 saturated heterocycles. The molecule has 0 bridgehead atoms. The molecule has 1 aromatic carbocycles. The van der Waals surface area contributed by atoms with Gasteiger partial charge in [0.2, 0.25) is 0 Å². The van der Waals surface area contributed by atoms with Gasteiger partial charge in [-0.25, -0.2) is 0 Å². The Kier molecular flexibility index (Phi) is 3.42. The van der Waals surface area contributed by atoms with Gasteiger partial charge in [0.25, 0.3) is 0 Å². The molecule has 1 saturated carbocycles. The Bertz CT molecular complexity index is 449. The van der Waals surface area contributed by atoms with E-state index in [4.69, 9.17) is 0 Å². The van der Waals surface area contributed by atoms with E-state index < -0.39 is 0 Å². The third-order valence-electron chi connectivity index (χ3n) is 5.20. The lowest BCUT2D eigenvalue weighted by atomic mass is 9.80. The van der Waals surface area contributed by atoms with Gasteiger partial charge >= 0.3 is 0 Å². The maximum atomic E-state index is 3.95. The summed E-state index contributed by atoms with van der Waals surface area (Å²) in [5.41, 5.74) is 3.67. The Labute approximate surface area is 117 Å². The Hall–Kier alpha value is -0.820. The van der Waals surface area contributed by atoms with Crippen LogP contribution in [0.3, 0.4) is 0 Å². The summed E-state index contributed by atoms with van der Waals surface area (Å²) in [6, 6.07) is 10.4. The standard InChI is InChI=1S/C18H27N/c1-13-8-9-17(16-7-5-4-6-15(13)16)19-14-10-11-18(2,3)12-14/h4-7,13-14,17,19H,8-12H2,1-3H3. The monoisotopic (exact) mass is 257 g/mol. The minimum atomic E-state index is 0.541. The van der Waals surface area contributed by atoms with Crippen LogP contribution in [0.25, 0.3) is 0 Å². The lowest BCUT2D eigenvalue weighted by molar-refractivity contribution is 0.337. The van der Waals surface area contributed by atoms with Gasteiger partial charge in [-0.2, -0.15) is 0 Å². The maximum Gasteiger partial charge on any atom is 0.0325 e. The summed E-state index contributed by atoms with van der Waals surface area (Å²) in [4.78, 5) is 0. The molecule has 0 heterocycles. The van der Waals surface area contributed by atoms with Gasteiger partial charge in [-0.05, 0) is 54.6 Å². The summed E-state index contributed by atoms with van der Waals surface area (Å²) >= 11 is 0. The van der Waals surface area contributed by atoms with Crippen LogP contribution in [0.15, 0.2) is 24.3 Å². The molecule has 1 N–H and O–H groups in total. The molecule has 2 aliphatic rings. The Morgan fingerprint density at radius 2 is 1.79 bits per heavy atom. The van der Waals surface area contributed by atoms with Crippen molar-refractivity contribution in [3.05, 3.63) is 35.4 Å². The quantitative estimate of drug-likeness (QED) is 0.803. The smallest absolute Gasteiger partial charge is 0.0325 e. The maximum absolute atomic E-state index is 3.95. The van der Waals surface area contributed by atoms with Gasteiger partial charge in [-0.3, -0.25) is 0 Å². The van der Waals surface area contributed by atoms with Crippen molar-refractivity contribution in [2.45, 2.75) is 70.9 Å². The normalized spacial score (nSPS) is 33.1. The van der Waals surface area contributed by atoms with Gasteiger partial charge in [-0.15, -0.1) is 0 Å². The SMILES string of the molecule is CC1CCC(NC2CCC(C)(C)C2)c2ccccc21. The van der Waals surface area contributed by atoms with Crippen LogP contribution < -0.4 is 5.32 Å². The molecule has 1 nitrogen and oxygen atoms in total. The zero-order valence-electron chi connectivity index (χ0n) is 12.6. The third kappa shape index (κ3) is 2.72. The molecular formula is C18H27N. The molecule has 0 radical (unpaired) electrons. The summed E-state index contributed by atoms with van der Waals surface area (Å²) in [5, 5.41) is 3.95. The number of nitrogens with one attached hydrogen (secondary N) is 1. The van der Waals surface area contributed by atoms with Crippen molar-refractivity contribution in [3.8, 4) is 0 Å². The highest BCUT2D eigenvalue weighted by molar-refractivity contribution is 5.35. The summed E-state index contributed by atoms with van der Waals surface area (Å²) in [6.07, 6.45) is 6.68. The van der Waals surface area contributed by atoms with Crippen LogP contribution >= 0.6 is 0 Å². The van der Waals surface area contributed by atoms with Crippen molar-refractivity contribution >= 4 is 0 Å². The second-order valence-electron chi connectivity index (χ2n) is 7.43. The average molecular weight is 257 g/mol. The molecule has 1 heteroatoms. The van der Waals surface area contributed by atoms with Crippen LogP contribution in [0.4, 0.5) is 0 Å². The van der Waals surface area contributed by atoms with Crippen LogP contribution in [0, 0.1) is 5.41 Å². The Balaban J connectivity index is 1.75. The number of fused-ring (bicyclic) bond motifs is 1. The molecule has 1 aromatic rings. The van der Waals surface area contributed by atoms with Crippen LogP contribution in [0.5, 0.6) is 0 Å². The lowest BCUT2D eigenvalue weighted by Gasteiger charge is -2.32. The summed E-state index contributed by atoms with van der Waals surface area (Å²) in [7, 11) is 0. The molecule has 0 spiro atoms. The van der Waals surface area contributed by atoms with Crippen LogP contribution in [0.2, 0.25) is 0 Å². The van der Waals surface area contributed by atoms with Gasteiger partial charge in [0, 0.05) is 12.1 Å². The molecule has 3 unspecified atom stereocenters. The van der Waals surface area contributed by atoms with Gasteiger partial charge in [0.1, 0.15) is 0 Å². The zero-order chi connectivity index (χ0) is 13.5. The van der Waals surface area contributed by atoms with E-state index in [1.165, 1.54) is 32.1 Å². The minimum absolute atomic E-state index is 0.541. The molecule has 0 aromatic heterocycles. The number of benzene rings is 1. The first-order chi connectivity index (χ1) is 9.05. The third-order valence-corrected chi connectivity index (χ3v) is 5.20. The molecular weight excluding hydrogens is 230 g/mol. The molecule has 0 amide bonds.